The van der Waals surface area contributed by atoms with Crippen LogP contribution in [-0.4, -0.2) is 14.5 Å². The third-order valence-corrected chi connectivity index (χ3v) is 4.50. The van der Waals surface area contributed by atoms with Gasteiger partial charge in [0.15, 0.2) is 0 Å². The maximum atomic E-state index is 12.1. The lowest BCUT2D eigenvalue weighted by molar-refractivity contribution is 0.548. The number of hydrogen-bond donors (Lipinski definition) is 1. The van der Waals surface area contributed by atoms with Gasteiger partial charge < -0.3 is 4.42 Å². The van der Waals surface area contributed by atoms with Crippen molar-refractivity contribution in [2.75, 3.05) is 0 Å². The van der Waals surface area contributed by atoms with Crippen LogP contribution in [0.3, 0.4) is 0 Å². The van der Waals surface area contributed by atoms with E-state index >= 15 is 0 Å². The summed E-state index contributed by atoms with van der Waals surface area (Å²) < 4.78 is 31.7. The molecule has 0 bridgehead atoms. The van der Waals surface area contributed by atoms with Crippen LogP contribution < -0.4 is 4.72 Å². The summed E-state index contributed by atoms with van der Waals surface area (Å²) in [7, 11) is -3.37. The van der Waals surface area contributed by atoms with Crippen LogP contribution in [-0.2, 0) is 22.2 Å². The molecule has 2 aromatic rings. The Bertz CT molecular complexity index is 636. The average Bonchev–Trinajstić information content (AvgIpc) is 2.83. The Morgan fingerprint density at radius 1 is 1.20 bits per heavy atom. The van der Waals surface area contributed by atoms with E-state index in [0.717, 1.165) is 5.56 Å². The van der Waals surface area contributed by atoms with Crippen molar-refractivity contribution in [1.29, 1.82) is 0 Å². The smallest absolute Gasteiger partial charge is 0.216 e. The van der Waals surface area contributed by atoms with E-state index in [0.29, 0.717) is 17.0 Å². The zero-order chi connectivity index (χ0) is 14.6. The quantitative estimate of drug-likeness (QED) is 0.892. The van der Waals surface area contributed by atoms with Gasteiger partial charge in [-0.05, 0) is 42.7 Å². The minimum Gasteiger partial charge on any atom is -0.472 e. The Morgan fingerprint density at radius 3 is 2.50 bits per heavy atom. The summed E-state index contributed by atoms with van der Waals surface area (Å²) in [6.07, 6.45) is 3.78. The Balaban J connectivity index is 1.94. The van der Waals surface area contributed by atoms with Crippen molar-refractivity contribution in [3.63, 3.8) is 0 Å². The lowest BCUT2D eigenvalue weighted by atomic mass is 10.1. The van der Waals surface area contributed by atoms with Crippen LogP contribution in [0.25, 0.3) is 0 Å². The van der Waals surface area contributed by atoms with Crippen LogP contribution in [0.1, 0.15) is 18.1 Å². The number of benzene rings is 1. The predicted molar refractivity (Wildman–Crippen MR) is 79.1 cm³/mol. The fraction of sp³-hybridized carbons (Fsp3) is 0.286. The van der Waals surface area contributed by atoms with Crippen molar-refractivity contribution >= 4 is 21.6 Å². The molecule has 2 rings (SSSR count). The highest BCUT2D eigenvalue weighted by Gasteiger charge is 2.16. The second kappa shape index (κ2) is 6.43. The standard InChI is InChI=1S/C14H16ClNO3S/c1-11(8-13-6-7-19-9-13)16-20(17,18)10-12-2-4-14(15)5-3-12/h2-7,9,11,16H,8,10H2,1H3. The number of sulfonamides is 1. The van der Waals surface area contributed by atoms with Crippen molar-refractivity contribution in [1.82, 2.24) is 4.72 Å². The molecule has 108 valence electrons. The zero-order valence-corrected chi connectivity index (χ0v) is 12.6. The van der Waals surface area contributed by atoms with Crippen molar-refractivity contribution in [3.8, 4) is 0 Å². The van der Waals surface area contributed by atoms with Gasteiger partial charge in [0, 0.05) is 11.1 Å². The third-order valence-electron chi connectivity index (χ3n) is 2.77. The van der Waals surface area contributed by atoms with Gasteiger partial charge in [0.1, 0.15) is 0 Å². The number of furan rings is 1. The predicted octanol–water partition coefficient (Wildman–Crippen LogP) is 2.98. The van der Waals surface area contributed by atoms with Gasteiger partial charge in [0.05, 0.1) is 18.3 Å². The topological polar surface area (TPSA) is 59.3 Å². The average molecular weight is 314 g/mol. The first-order valence-corrected chi connectivity index (χ1v) is 8.23. The molecule has 0 aliphatic heterocycles. The van der Waals surface area contributed by atoms with Crippen LogP contribution in [0.4, 0.5) is 0 Å². The molecule has 20 heavy (non-hydrogen) atoms. The van der Waals surface area contributed by atoms with Crippen LogP contribution in [0.15, 0.2) is 47.3 Å². The summed E-state index contributed by atoms with van der Waals surface area (Å²) in [6.45, 7) is 1.83. The molecule has 6 heteroatoms. The van der Waals surface area contributed by atoms with Gasteiger partial charge in [-0.15, -0.1) is 0 Å². The summed E-state index contributed by atoms with van der Waals surface area (Å²) in [5.41, 5.74) is 1.67. The molecule has 1 heterocycles. The van der Waals surface area contributed by atoms with Gasteiger partial charge in [0.2, 0.25) is 10.0 Å². The summed E-state index contributed by atoms with van der Waals surface area (Å²) in [5, 5.41) is 0.590. The molecule has 0 saturated carbocycles. The maximum Gasteiger partial charge on any atom is 0.216 e. The van der Waals surface area contributed by atoms with E-state index < -0.39 is 10.0 Å². The first-order valence-electron chi connectivity index (χ1n) is 6.20. The normalized spacial score (nSPS) is 13.3. The van der Waals surface area contributed by atoms with Gasteiger partial charge in [-0.3, -0.25) is 0 Å². The number of halogens is 1. The minimum atomic E-state index is -3.37. The number of nitrogens with one attached hydrogen (secondary N) is 1. The van der Waals surface area contributed by atoms with Crippen molar-refractivity contribution in [2.24, 2.45) is 0 Å². The minimum absolute atomic E-state index is 0.0557. The van der Waals surface area contributed by atoms with E-state index in [4.69, 9.17) is 16.0 Å². The largest absolute Gasteiger partial charge is 0.472 e. The summed E-state index contributed by atoms with van der Waals surface area (Å²) >= 11 is 5.77. The molecular weight excluding hydrogens is 298 g/mol. The molecule has 1 unspecified atom stereocenters. The molecule has 0 aliphatic carbocycles. The first kappa shape index (κ1) is 15.1. The third kappa shape index (κ3) is 4.67. The molecule has 0 fully saturated rings. The van der Waals surface area contributed by atoms with E-state index in [2.05, 4.69) is 4.72 Å². The monoisotopic (exact) mass is 313 g/mol. The van der Waals surface area contributed by atoms with E-state index in [1.807, 2.05) is 13.0 Å². The van der Waals surface area contributed by atoms with Crippen molar-refractivity contribution in [2.45, 2.75) is 25.1 Å². The van der Waals surface area contributed by atoms with E-state index in [-0.39, 0.29) is 11.8 Å². The SMILES string of the molecule is CC(Cc1ccoc1)NS(=O)(=O)Cc1ccc(Cl)cc1. The number of hydrogen-bond acceptors (Lipinski definition) is 3. The molecule has 1 atom stereocenters. The van der Waals surface area contributed by atoms with Crippen LogP contribution in [0.5, 0.6) is 0 Å². The van der Waals surface area contributed by atoms with Crippen LogP contribution in [0.2, 0.25) is 5.02 Å². The highest BCUT2D eigenvalue weighted by molar-refractivity contribution is 7.88. The van der Waals surface area contributed by atoms with Gasteiger partial charge >= 0.3 is 0 Å². The molecule has 1 aromatic heterocycles. The van der Waals surface area contributed by atoms with E-state index in [9.17, 15) is 8.42 Å². The molecule has 0 radical (unpaired) electrons. The molecule has 0 spiro atoms. The van der Waals surface area contributed by atoms with Crippen molar-refractivity contribution in [3.05, 3.63) is 59.0 Å². The molecule has 4 nitrogen and oxygen atoms in total. The molecular formula is C14H16ClNO3S. The summed E-state index contributed by atoms with van der Waals surface area (Å²) in [5.74, 6) is -0.0557. The lowest BCUT2D eigenvalue weighted by Crippen LogP contribution is -2.34. The van der Waals surface area contributed by atoms with E-state index in [1.165, 1.54) is 0 Å². The van der Waals surface area contributed by atoms with Gasteiger partial charge in [-0.25, -0.2) is 13.1 Å². The van der Waals surface area contributed by atoms with Gasteiger partial charge in [-0.2, -0.15) is 0 Å². The van der Waals surface area contributed by atoms with Gasteiger partial charge in [0.25, 0.3) is 0 Å². The second-order valence-electron chi connectivity index (χ2n) is 4.74. The Labute approximate surface area is 123 Å². The van der Waals surface area contributed by atoms with Gasteiger partial charge in [-0.1, -0.05) is 23.7 Å². The Morgan fingerprint density at radius 2 is 1.90 bits per heavy atom. The zero-order valence-electron chi connectivity index (χ0n) is 11.0. The number of rotatable bonds is 6. The van der Waals surface area contributed by atoms with Crippen LogP contribution >= 0.6 is 11.6 Å². The Hall–Kier alpha value is -1.30. The second-order valence-corrected chi connectivity index (χ2v) is 6.93. The molecule has 1 N–H and O–H groups in total. The first-order chi connectivity index (χ1) is 9.44. The molecule has 0 aliphatic rings. The summed E-state index contributed by atoms with van der Waals surface area (Å²) in [4.78, 5) is 0. The highest BCUT2D eigenvalue weighted by Crippen LogP contribution is 2.12. The lowest BCUT2D eigenvalue weighted by Gasteiger charge is -2.13. The highest BCUT2D eigenvalue weighted by atomic mass is 35.5. The molecule has 1 aromatic carbocycles. The van der Waals surface area contributed by atoms with Crippen molar-refractivity contribution < 1.29 is 12.8 Å². The van der Waals surface area contributed by atoms with E-state index in [1.54, 1.807) is 36.8 Å². The fourth-order valence-electron chi connectivity index (χ4n) is 1.95. The Kier molecular flexibility index (Phi) is 4.86. The summed E-state index contributed by atoms with van der Waals surface area (Å²) in [6, 6.07) is 8.42. The van der Waals surface area contributed by atoms with Crippen LogP contribution in [0, 0.1) is 0 Å². The molecule has 0 saturated heterocycles. The molecule has 0 amide bonds. The maximum absolute atomic E-state index is 12.1. The fourth-order valence-corrected chi connectivity index (χ4v) is 3.49.